The Kier molecular flexibility index (Phi) is 4.93. The molecule has 1 unspecified atom stereocenters. The van der Waals surface area contributed by atoms with Crippen molar-refractivity contribution in [2.75, 3.05) is 0 Å². The van der Waals surface area contributed by atoms with E-state index >= 15 is 0 Å². The first-order valence-corrected chi connectivity index (χ1v) is 5.52. The summed E-state index contributed by atoms with van der Waals surface area (Å²) in [5.41, 5.74) is 0. The molecule has 1 saturated carbocycles. The van der Waals surface area contributed by atoms with Gasteiger partial charge < -0.3 is 5.32 Å². The zero-order valence-electron chi connectivity index (χ0n) is 8.68. The highest BCUT2D eigenvalue weighted by Crippen LogP contribution is 2.17. The fourth-order valence-corrected chi connectivity index (χ4v) is 2.08. The van der Waals surface area contributed by atoms with Gasteiger partial charge in [0.2, 0.25) is 0 Å². The predicted octanol–water partition coefficient (Wildman–Crippen LogP) is 2.71. The highest BCUT2D eigenvalue weighted by molar-refractivity contribution is 4.89. The van der Waals surface area contributed by atoms with Crippen LogP contribution in [0.25, 0.3) is 0 Å². The molecule has 1 rings (SSSR count). The summed E-state index contributed by atoms with van der Waals surface area (Å²) in [4.78, 5) is 0. The number of terminal acetylenes is 1. The third-order valence-corrected chi connectivity index (χ3v) is 2.80. The number of hydrogen-bond donors (Lipinski definition) is 1. The second-order valence-corrected chi connectivity index (χ2v) is 4.16. The molecule has 0 heterocycles. The van der Waals surface area contributed by atoms with Crippen molar-refractivity contribution in [1.29, 1.82) is 0 Å². The largest absolute Gasteiger partial charge is 0.311 e. The first-order chi connectivity index (χ1) is 6.33. The third-order valence-electron chi connectivity index (χ3n) is 2.80. The highest BCUT2D eigenvalue weighted by Gasteiger charge is 2.13. The maximum atomic E-state index is 5.28. The van der Waals surface area contributed by atoms with Crippen LogP contribution < -0.4 is 5.32 Å². The molecule has 0 radical (unpaired) electrons. The Hall–Kier alpha value is -0.480. The van der Waals surface area contributed by atoms with E-state index in [-0.39, 0.29) is 0 Å². The minimum atomic E-state index is 0.494. The van der Waals surface area contributed by atoms with E-state index in [0.717, 1.165) is 12.5 Å². The van der Waals surface area contributed by atoms with Gasteiger partial charge in [0.05, 0.1) is 0 Å². The molecule has 1 N–H and O–H groups in total. The van der Waals surface area contributed by atoms with E-state index in [0.29, 0.717) is 6.04 Å². The smallest absolute Gasteiger partial charge is 0.0238 e. The van der Waals surface area contributed by atoms with Crippen LogP contribution in [0.15, 0.2) is 0 Å². The van der Waals surface area contributed by atoms with Crippen LogP contribution in [-0.2, 0) is 0 Å². The van der Waals surface area contributed by atoms with Gasteiger partial charge in [0, 0.05) is 18.5 Å². The summed E-state index contributed by atoms with van der Waals surface area (Å²) < 4.78 is 0. The minimum Gasteiger partial charge on any atom is -0.311 e. The van der Waals surface area contributed by atoms with Crippen molar-refractivity contribution >= 4 is 0 Å². The van der Waals surface area contributed by atoms with Crippen LogP contribution in [0.2, 0.25) is 0 Å². The van der Waals surface area contributed by atoms with E-state index in [1.165, 1.54) is 38.5 Å². The van der Waals surface area contributed by atoms with Gasteiger partial charge in [-0.05, 0) is 19.8 Å². The van der Waals surface area contributed by atoms with Crippen LogP contribution in [0.1, 0.15) is 51.9 Å². The fraction of sp³-hybridized carbons (Fsp3) is 0.833. The summed E-state index contributed by atoms with van der Waals surface area (Å²) in [6.45, 7) is 2.19. The van der Waals surface area contributed by atoms with Crippen molar-refractivity contribution in [3.8, 4) is 12.3 Å². The molecule has 0 saturated heterocycles. The quantitative estimate of drug-likeness (QED) is 0.519. The first-order valence-electron chi connectivity index (χ1n) is 5.52. The van der Waals surface area contributed by atoms with Gasteiger partial charge in [-0.2, -0.15) is 0 Å². The SMILES string of the molecule is C#CCC(C)NC1CCCCCC1. The molecule has 1 heteroatoms. The topological polar surface area (TPSA) is 12.0 Å². The van der Waals surface area contributed by atoms with Crippen molar-refractivity contribution in [2.45, 2.75) is 64.0 Å². The summed E-state index contributed by atoms with van der Waals surface area (Å²) in [6, 6.07) is 1.22. The minimum absolute atomic E-state index is 0.494. The molecule has 0 aromatic rings. The Morgan fingerprint density at radius 1 is 1.31 bits per heavy atom. The van der Waals surface area contributed by atoms with Crippen molar-refractivity contribution in [3.63, 3.8) is 0 Å². The lowest BCUT2D eigenvalue weighted by Crippen LogP contribution is -2.35. The predicted molar refractivity (Wildman–Crippen MR) is 57.5 cm³/mol. The summed E-state index contributed by atoms with van der Waals surface area (Å²) in [5, 5.41) is 3.62. The van der Waals surface area contributed by atoms with E-state index in [2.05, 4.69) is 18.2 Å². The number of nitrogens with one attached hydrogen (secondary N) is 1. The molecule has 0 aromatic carbocycles. The maximum Gasteiger partial charge on any atom is 0.0238 e. The van der Waals surface area contributed by atoms with Crippen LogP contribution in [0.3, 0.4) is 0 Å². The standard InChI is InChI=1S/C12H21N/c1-3-8-11(2)13-12-9-6-4-5-7-10-12/h1,11-13H,4-10H2,2H3. The molecule has 0 aliphatic heterocycles. The zero-order valence-corrected chi connectivity index (χ0v) is 8.68. The second kappa shape index (κ2) is 6.05. The van der Waals surface area contributed by atoms with Crippen molar-refractivity contribution in [2.24, 2.45) is 0 Å². The van der Waals surface area contributed by atoms with Gasteiger partial charge in [0.25, 0.3) is 0 Å². The van der Waals surface area contributed by atoms with Gasteiger partial charge in [0.15, 0.2) is 0 Å². The van der Waals surface area contributed by atoms with Gasteiger partial charge in [-0.1, -0.05) is 25.7 Å². The van der Waals surface area contributed by atoms with E-state index in [1.807, 2.05) is 0 Å². The van der Waals surface area contributed by atoms with Crippen molar-refractivity contribution in [1.82, 2.24) is 5.32 Å². The summed E-state index contributed by atoms with van der Waals surface area (Å²) in [5.74, 6) is 2.71. The normalized spacial score (nSPS) is 21.8. The van der Waals surface area contributed by atoms with Gasteiger partial charge in [-0.3, -0.25) is 0 Å². The van der Waals surface area contributed by atoms with Crippen LogP contribution in [0.5, 0.6) is 0 Å². The molecule has 0 spiro atoms. The highest BCUT2D eigenvalue weighted by atomic mass is 14.9. The molecule has 0 bridgehead atoms. The molecular formula is C12H21N. The Morgan fingerprint density at radius 2 is 1.92 bits per heavy atom. The van der Waals surface area contributed by atoms with Gasteiger partial charge in [-0.15, -0.1) is 12.3 Å². The molecule has 0 amide bonds. The van der Waals surface area contributed by atoms with Crippen LogP contribution in [-0.4, -0.2) is 12.1 Å². The zero-order chi connectivity index (χ0) is 9.52. The monoisotopic (exact) mass is 179 g/mol. The average molecular weight is 179 g/mol. The number of hydrogen-bond acceptors (Lipinski definition) is 1. The molecular weight excluding hydrogens is 158 g/mol. The molecule has 74 valence electrons. The Balaban J connectivity index is 2.22. The third kappa shape index (κ3) is 4.33. The van der Waals surface area contributed by atoms with E-state index in [4.69, 9.17) is 6.42 Å². The van der Waals surface area contributed by atoms with Crippen molar-refractivity contribution < 1.29 is 0 Å². The number of rotatable bonds is 3. The summed E-state index contributed by atoms with van der Waals surface area (Å²) in [6.07, 6.45) is 14.4. The van der Waals surface area contributed by atoms with E-state index in [1.54, 1.807) is 0 Å². The summed E-state index contributed by atoms with van der Waals surface area (Å²) >= 11 is 0. The van der Waals surface area contributed by atoms with Crippen LogP contribution >= 0.6 is 0 Å². The van der Waals surface area contributed by atoms with Gasteiger partial charge in [-0.25, -0.2) is 0 Å². The van der Waals surface area contributed by atoms with Crippen LogP contribution in [0, 0.1) is 12.3 Å². The molecule has 1 aliphatic carbocycles. The molecule has 1 atom stereocenters. The van der Waals surface area contributed by atoms with Crippen molar-refractivity contribution in [3.05, 3.63) is 0 Å². The van der Waals surface area contributed by atoms with E-state index in [9.17, 15) is 0 Å². The second-order valence-electron chi connectivity index (χ2n) is 4.16. The maximum absolute atomic E-state index is 5.28. The first kappa shape index (κ1) is 10.6. The Labute approximate surface area is 82.3 Å². The Bertz CT molecular complexity index is 160. The Morgan fingerprint density at radius 3 is 2.46 bits per heavy atom. The lowest BCUT2D eigenvalue weighted by molar-refractivity contribution is 0.411. The molecule has 13 heavy (non-hydrogen) atoms. The van der Waals surface area contributed by atoms with Crippen LogP contribution in [0.4, 0.5) is 0 Å². The molecule has 1 nitrogen and oxygen atoms in total. The lowest BCUT2D eigenvalue weighted by Gasteiger charge is -2.20. The molecule has 1 fully saturated rings. The lowest BCUT2D eigenvalue weighted by atomic mass is 10.1. The molecule has 0 aromatic heterocycles. The molecule has 1 aliphatic rings. The summed E-state index contributed by atoms with van der Waals surface area (Å²) in [7, 11) is 0. The fourth-order valence-electron chi connectivity index (χ4n) is 2.08. The van der Waals surface area contributed by atoms with E-state index < -0.39 is 0 Å². The van der Waals surface area contributed by atoms with Gasteiger partial charge in [0.1, 0.15) is 0 Å². The van der Waals surface area contributed by atoms with Gasteiger partial charge >= 0.3 is 0 Å². The average Bonchev–Trinajstić information content (AvgIpc) is 2.33.